The molecule has 1 aromatic carbocycles. The van der Waals surface area contributed by atoms with Crippen LogP contribution in [0.1, 0.15) is 67.6 Å². The first-order valence-electron chi connectivity index (χ1n) is 11.0. The van der Waals surface area contributed by atoms with E-state index in [9.17, 15) is 4.79 Å². The number of amides is 1. The van der Waals surface area contributed by atoms with Crippen LogP contribution in [0.3, 0.4) is 0 Å². The van der Waals surface area contributed by atoms with Gasteiger partial charge in [-0.15, -0.1) is 0 Å². The van der Waals surface area contributed by atoms with Crippen molar-refractivity contribution in [3.63, 3.8) is 0 Å². The fourth-order valence-electron chi connectivity index (χ4n) is 4.58. The lowest BCUT2D eigenvalue weighted by molar-refractivity contribution is -0.130. The molecular formula is C24H32N4O. The first-order valence-corrected chi connectivity index (χ1v) is 11.0. The van der Waals surface area contributed by atoms with Crippen molar-refractivity contribution >= 4 is 5.91 Å². The molecule has 0 spiro atoms. The summed E-state index contributed by atoms with van der Waals surface area (Å²) in [7, 11) is 0. The normalized spacial score (nSPS) is 20.9. The van der Waals surface area contributed by atoms with Crippen LogP contribution in [0, 0.1) is 0 Å². The number of hydrogen-bond acceptors (Lipinski definition) is 4. The van der Waals surface area contributed by atoms with Crippen molar-refractivity contribution in [2.75, 3.05) is 26.2 Å². The minimum atomic E-state index is 0.160. The minimum Gasteiger partial charge on any atom is -0.342 e. The van der Waals surface area contributed by atoms with Crippen molar-refractivity contribution in [1.29, 1.82) is 0 Å². The van der Waals surface area contributed by atoms with Crippen LogP contribution in [0.5, 0.6) is 0 Å². The van der Waals surface area contributed by atoms with Gasteiger partial charge < -0.3 is 4.90 Å². The third kappa shape index (κ3) is 4.84. The van der Waals surface area contributed by atoms with Crippen molar-refractivity contribution in [2.45, 2.75) is 57.9 Å². The van der Waals surface area contributed by atoms with Gasteiger partial charge >= 0.3 is 0 Å². The number of aromatic nitrogens is 2. The van der Waals surface area contributed by atoms with Crippen molar-refractivity contribution in [1.82, 2.24) is 19.8 Å². The molecule has 4 rings (SSSR count). The second kappa shape index (κ2) is 9.04. The van der Waals surface area contributed by atoms with E-state index >= 15 is 0 Å². The Morgan fingerprint density at radius 3 is 2.86 bits per heavy atom. The van der Waals surface area contributed by atoms with E-state index < -0.39 is 0 Å². The smallest absolute Gasteiger partial charge is 0.219 e. The van der Waals surface area contributed by atoms with Gasteiger partial charge in [0, 0.05) is 62.9 Å². The molecule has 1 saturated heterocycles. The Morgan fingerprint density at radius 2 is 2.07 bits per heavy atom. The lowest BCUT2D eigenvalue weighted by atomic mass is 9.96. The molecule has 1 fully saturated rings. The molecule has 29 heavy (non-hydrogen) atoms. The van der Waals surface area contributed by atoms with Gasteiger partial charge in [0.1, 0.15) is 5.82 Å². The molecule has 0 radical (unpaired) electrons. The fourth-order valence-corrected chi connectivity index (χ4v) is 4.58. The van der Waals surface area contributed by atoms with E-state index in [0.717, 1.165) is 57.8 Å². The summed E-state index contributed by atoms with van der Waals surface area (Å²) in [5.41, 5.74) is 3.90. The maximum atomic E-state index is 11.7. The largest absolute Gasteiger partial charge is 0.342 e. The zero-order chi connectivity index (χ0) is 20.2. The molecule has 1 aromatic heterocycles. The van der Waals surface area contributed by atoms with Crippen molar-refractivity contribution in [3.8, 4) is 0 Å². The number of benzene rings is 1. The highest BCUT2D eigenvalue weighted by atomic mass is 16.2. The van der Waals surface area contributed by atoms with Crippen LogP contribution in [-0.2, 0) is 17.8 Å². The monoisotopic (exact) mass is 392 g/mol. The van der Waals surface area contributed by atoms with Gasteiger partial charge in [-0.3, -0.25) is 9.69 Å². The Labute approximate surface area is 174 Å². The molecule has 1 amide bonds. The SMILES string of the molecule is CC(=O)N1CCCC(c2ncc3c(n2)CCN(CCC(C)c2ccccc2)C3)C1. The van der Waals surface area contributed by atoms with Crippen LogP contribution in [0.25, 0.3) is 0 Å². The quantitative estimate of drug-likeness (QED) is 0.777. The second-order valence-electron chi connectivity index (χ2n) is 8.63. The highest BCUT2D eigenvalue weighted by molar-refractivity contribution is 5.73. The molecule has 0 bridgehead atoms. The number of likely N-dealkylation sites (tertiary alicyclic amines) is 1. The number of carbonyl (C=O) groups is 1. The standard InChI is InChI=1S/C24H32N4O/c1-18(20-7-4-3-5-8-20)10-13-27-14-11-23-22(16-27)15-25-24(26-23)21-9-6-12-28(17-21)19(2)29/h3-5,7-8,15,18,21H,6,9-14,16-17H2,1-2H3. The van der Waals surface area contributed by atoms with Gasteiger partial charge in [0.25, 0.3) is 0 Å². The molecule has 5 heteroatoms. The molecule has 2 aromatic rings. The van der Waals surface area contributed by atoms with Gasteiger partial charge in [-0.05, 0) is 37.3 Å². The zero-order valence-electron chi connectivity index (χ0n) is 17.7. The molecule has 2 aliphatic rings. The number of rotatable bonds is 5. The highest BCUT2D eigenvalue weighted by Crippen LogP contribution is 2.27. The second-order valence-corrected chi connectivity index (χ2v) is 8.63. The molecule has 5 nitrogen and oxygen atoms in total. The van der Waals surface area contributed by atoms with E-state index in [2.05, 4.69) is 42.2 Å². The van der Waals surface area contributed by atoms with Crippen LogP contribution >= 0.6 is 0 Å². The highest BCUT2D eigenvalue weighted by Gasteiger charge is 2.26. The summed E-state index contributed by atoms with van der Waals surface area (Å²) >= 11 is 0. The average Bonchev–Trinajstić information content (AvgIpc) is 2.77. The van der Waals surface area contributed by atoms with E-state index in [1.807, 2.05) is 11.1 Å². The van der Waals surface area contributed by atoms with Gasteiger partial charge in [0.05, 0.1) is 0 Å². The Morgan fingerprint density at radius 1 is 1.24 bits per heavy atom. The fraction of sp³-hybridized carbons (Fsp3) is 0.542. The maximum absolute atomic E-state index is 11.7. The summed E-state index contributed by atoms with van der Waals surface area (Å²) in [5.74, 6) is 1.95. The number of fused-ring (bicyclic) bond motifs is 1. The third-order valence-corrected chi connectivity index (χ3v) is 6.51. The molecule has 0 saturated carbocycles. The molecule has 0 aliphatic carbocycles. The predicted molar refractivity (Wildman–Crippen MR) is 115 cm³/mol. The summed E-state index contributed by atoms with van der Waals surface area (Å²) in [4.78, 5) is 25.8. The Bertz CT molecular complexity index is 838. The van der Waals surface area contributed by atoms with Crippen LogP contribution in [0.2, 0.25) is 0 Å². The zero-order valence-corrected chi connectivity index (χ0v) is 17.7. The topological polar surface area (TPSA) is 49.3 Å². The summed E-state index contributed by atoms with van der Waals surface area (Å²) < 4.78 is 0. The lowest BCUT2D eigenvalue weighted by Gasteiger charge is -2.32. The maximum Gasteiger partial charge on any atom is 0.219 e. The Balaban J connectivity index is 1.35. The Kier molecular flexibility index (Phi) is 6.24. The van der Waals surface area contributed by atoms with Crippen LogP contribution in [0.4, 0.5) is 0 Å². The first kappa shape index (κ1) is 20.0. The summed E-state index contributed by atoms with van der Waals surface area (Å²) in [5, 5.41) is 0. The summed E-state index contributed by atoms with van der Waals surface area (Å²) in [6.45, 7) is 8.72. The minimum absolute atomic E-state index is 0.160. The van der Waals surface area contributed by atoms with Gasteiger partial charge in [-0.1, -0.05) is 37.3 Å². The number of hydrogen-bond donors (Lipinski definition) is 0. The van der Waals surface area contributed by atoms with Gasteiger partial charge in [0.15, 0.2) is 0 Å². The van der Waals surface area contributed by atoms with Crippen LogP contribution in [0.15, 0.2) is 36.5 Å². The van der Waals surface area contributed by atoms with E-state index in [4.69, 9.17) is 9.97 Å². The molecule has 0 N–H and O–H groups in total. The molecule has 2 unspecified atom stereocenters. The van der Waals surface area contributed by atoms with Crippen LogP contribution < -0.4 is 0 Å². The first-order chi connectivity index (χ1) is 14.1. The van der Waals surface area contributed by atoms with Crippen molar-refractivity contribution in [3.05, 3.63) is 59.2 Å². The number of nitrogens with zero attached hydrogens (tertiary/aromatic N) is 4. The molecule has 154 valence electrons. The van der Waals surface area contributed by atoms with E-state index in [-0.39, 0.29) is 11.8 Å². The lowest BCUT2D eigenvalue weighted by Crippen LogP contribution is -2.38. The van der Waals surface area contributed by atoms with Crippen molar-refractivity contribution in [2.24, 2.45) is 0 Å². The van der Waals surface area contributed by atoms with E-state index in [1.54, 1.807) is 6.92 Å². The number of piperidine rings is 1. The Hall–Kier alpha value is -2.27. The average molecular weight is 393 g/mol. The van der Waals surface area contributed by atoms with Gasteiger partial charge in [0.2, 0.25) is 5.91 Å². The van der Waals surface area contributed by atoms with Gasteiger partial charge in [-0.25, -0.2) is 9.97 Å². The summed E-state index contributed by atoms with van der Waals surface area (Å²) in [6, 6.07) is 10.8. The molecular weight excluding hydrogens is 360 g/mol. The third-order valence-electron chi connectivity index (χ3n) is 6.51. The summed E-state index contributed by atoms with van der Waals surface area (Å²) in [6.07, 6.45) is 6.32. The van der Waals surface area contributed by atoms with Crippen LogP contribution in [-0.4, -0.2) is 51.9 Å². The van der Waals surface area contributed by atoms with E-state index in [0.29, 0.717) is 5.92 Å². The molecule has 2 aliphatic heterocycles. The number of carbonyl (C=O) groups excluding carboxylic acids is 1. The van der Waals surface area contributed by atoms with Crippen molar-refractivity contribution < 1.29 is 4.79 Å². The van der Waals surface area contributed by atoms with E-state index in [1.165, 1.54) is 23.2 Å². The van der Waals surface area contributed by atoms with Gasteiger partial charge in [-0.2, -0.15) is 0 Å². The molecule has 3 heterocycles. The molecule has 2 atom stereocenters. The predicted octanol–water partition coefficient (Wildman–Crippen LogP) is 3.75.